The first-order valence-electron chi connectivity index (χ1n) is 9.88. The van der Waals surface area contributed by atoms with Crippen LogP contribution in [0.25, 0.3) is 10.9 Å². The zero-order chi connectivity index (χ0) is 22.3. The van der Waals surface area contributed by atoms with Gasteiger partial charge < -0.3 is 15.4 Å². The molecule has 1 aliphatic rings. The molecule has 162 valence electrons. The normalized spacial score (nSPS) is 13.5. The summed E-state index contributed by atoms with van der Waals surface area (Å²) in [5.41, 5.74) is 3.00. The Morgan fingerprint density at radius 3 is 2.78 bits per heavy atom. The monoisotopic (exact) mass is 449 g/mol. The molecule has 4 aromatic rings. The number of hydrogen-bond acceptors (Lipinski definition) is 7. The van der Waals surface area contributed by atoms with Crippen LogP contribution < -0.4 is 15.4 Å². The molecule has 1 amide bonds. The van der Waals surface area contributed by atoms with Crippen molar-refractivity contribution in [1.29, 1.82) is 0 Å². The highest BCUT2D eigenvalue weighted by Gasteiger charge is 2.24. The van der Waals surface area contributed by atoms with Gasteiger partial charge in [-0.3, -0.25) is 4.79 Å². The van der Waals surface area contributed by atoms with Crippen molar-refractivity contribution in [2.45, 2.75) is 17.7 Å². The molecule has 0 radical (unpaired) electrons. The molecule has 1 aliphatic heterocycles. The molecule has 2 N–H and O–H groups in total. The van der Waals surface area contributed by atoms with Crippen LogP contribution >= 0.6 is 0 Å². The summed E-state index contributed by atoms with van der Waals surface area (Å²) in [5, 5.41) is 10.7. The molecule has 0 unspecified atom stereocenters. The molecule has 0 saturated heterocycles. The van der Waals surface area contributed by atoms with Crippen LogP contribution in [0.4, 0.5) is 17.2 Å². The fraction of sp³-hybridized carbons (Fsp3) is 0.136. The summed E-state index contributed by atoms with van der Waals surface area (Å²) in [6, 6.07) is 13.7. The van der Waals surface area contributed by atoms with Crippen LogP contribution in [0.15, 0.2) is 65.8 Å². The Bertz CT molecular complexity index is 1460. The molecule has 2 aromatic carbocycles. The second-order valence-corrected chi connectivity index (χ2v) is 9.05. The van der Waals surface area contributed by atoms with Gasteiger partial charge in [0.05, 0.1) is 18.8 Å². The first-order chi connectivity index (χ1) is 15.5. The van der Waals surface area contributed by atoms with Crippen LogP contribution in [0, 0.1) is 0 Å². The maximum atomic E-state index is 13.3. The Balaban J connectivity index is 1.51. The SMILES string of the molecule is COc1ccccc1S(=O)(=O)n1ncc2cnc(Nc3ccc4c(c3)CCC(=O)N4)cc21. The topological polar surface area (TPSA) is 115 Å². The van der Waals surface area contributed by atoms with Crippen molar-refractivity contribution in [3.8, 4) is 5.75 Å². The number of ether oxygens (including phenoxy) is 1. The maximum absolute atomic E-state index is 13.3. The summed E-state index contributed by atoms with van der Waals surface area (Å²) in [4.78, 5) is 16.0. The number of nitrogens with zero attached hydrogens (tertiary/aromatic N) is 3. The number of hydrogen-bond donors (Lipinski definition) is 2. The van der Waals surface area contributed by atoms with E-state index < -0.39 is 10.0 Å². The minimum absolute atomic E-state index is 0.00912. The Kier molecular flexibility index (Phi) is 4.78. The number of nitrogens with one attached hydrogen (secondary N) is 2. The number of benzene rings is 2. The predicted octanol–water partition coefficient (Wildman–Crippen LogP) is 3.31. The van der Waals surface area contributed by atoms with Gasteiger partial charge in [0.1, 0.15) is 16.5 Å². The van der Waals surface area contributed by atoms with Gasteiger partial charge in [-0.25, -0.2) is 4.98 Å². The van der Waals surface area contributed by atoms with E-state index in [1.165, 1.54) is 19.4 Å². The number of aryl methyl sites for hydroxylation is 1. The number of para-hydroxylation sites is 1. The lowest BCUT2D eigenvalue weighted by molar-refractivity contribution is -0.116. The summed E-state index contributed by atoms with van der Waals surface area (Å²) in [5.74, 6) is 0.717. The number of anilines is 3. The first kappa shape index (κ1) is 20.0. The number of fused-ring (bicyclic) bond motifs is 2. The van der Waals surface area contributed by atoms with Crippen molar-refractivity contribution >= 4 is 44.0 Å². The molecule has 0 saturated carbocycles. The van der Waals surface area contributed by atoms with Gasteiger partial charge in [-0.15, -0.1) is 0 Å². The fourth-order valence-corrected chi connectivity index (χ4v) is 5.12. The average molecular weight is 449 g/mol. The van der Waals surface area contributed by atoms with E-state index in [0.717, 1.165) is 21.0 Å². The Morgan fingerprint density at radius 1 is 1.09 bits per heavy atom. The molecular weight excluding hydrogens is 430 g/mol. The number of methoxy groups -OCH3 is 1. The van der Waals surface area contributed by atoms with Crippen molar-refractivity contribution in [3.63, 3.8) is 0 Å². The Labute approximate surface area is 184 Å². The lowest BCUT2D eigenvalue weighted by Gasteiger charge is -2.18. The summed E-state index contributed by atoms with van der Waals surface area (Å²) >= 11 is 0. The molecule has 0 bridgehead atoms. The van der Waals surface area contributed by atoms with Crippen molar-refractivity contribution in [1.82, 2.24) is 14.2 Å². The minimum atomic E-state index is -3.99. The largest absolute Gasteiger partial charge is 0.495 e. The number of pyridine rings is 1. The lowest BCUT2D eigenvalue weighted by Crippen LogP contribution is -2.18. The van der Waals surface area contributed by atoms with E-state index in [1.54, 1.807) is 30.5 Å². The van der Waals surface area contributed by atoms with Crippen LogP contribution in [0.2, 0.25) is 0 Å². The molecule has 9 nitrogen and oxygen atoms in total. The van der Waals surface area contributed by atoms with Gasteiger partial charge in [-0.1, -0.05) is 12.1 Å². The number of carbonyl (C=O) groups excluding carboxylic acids is 1. The number of carbonyl (C=O) groups is 1. The van der Waals surface area contributed by atoms with E-state index in [-0.39, 0.29) is 16.6 Å². The van der Waals surface area contributed by atoms with Crippen molar-refractivity contribution in [2.24, 2.45) is 0 Å². The number of amides is 1. The molecule has 0 atom stereocenters. The third kappa shape index (κ3) is 3.44. The molecular formula is C22H19N5O4S. The molecule has 5 rings (SSSR count). The van der Waals surface area contributed by atoms with Crippen LogP contribution in [-0.4, -0.2) is 35.6 Å². The highest BCUT2D eigenvalue weighted by atomic mass is 32.2. The van der Waals surface area contributed by atoms with E-state index in [9.17, 15) is 13.2 Å². The summed E-state index contributed by atoms with van der Waals surface area (Å²) < 4.78 is 32.8. The fourth-order valence-electron chi connectivity index (χ4n) is 3.69. The summed E-state index contributed by atoms with van der Waals surface area (Å²) in [6.45, 7) is 0. The van der Waals surface area contributed by atoms with Gasteiger partial charge in [0.2, 0.25) is 5.91 Å². The van der Waals surface area contributed by atoms with Gasteiger partial charge in [0.25, 0.3) is 10.0 Å². The number of rotatable bonds is 5. The standard InChI is InChI=1S/C22H19N5O4S/c1-31-19-4-2-3-5-20(19)32(29,30)27-18-11-21(23-12-15(18)13-24-27)25-16-7-8-17-14(10-16)6-9-22(28)26-17/h2-5,7-8,10-13H,6,9H2,1H3,(H,23,25)(H,26,28). The van der Waals surface area contributed by atoms with Crippen molar-refractivity contribution < 1.29 is 17.9 Å². The molecule has 0 aliphatic carbocycles. The zero-order valence-electron chi connectivity index (χ0n) is 17.1. The second kappa shape index (κ2) is 7.65. The van der Waals surface area contributed by atoms with Crippen LogP contribution in [-0.2, 0) is 21.2 Å². The summed E-state index contributed by atoms with van der Waals surface area (Å²) in [6.07, 6.45) is 4.13. The molecule has 0 spiro atoms. The van der Waals surface area contributed by atoms with Gasteiger partial charge in [-0.05, 0) is 42.3 Å². The van der Waals surface area contributed by atoms with E-state index in [1.807, 2.05) is 18.2 Å². The molecule has 2 aromatic heterocycles. The van der Waals surface area contributed by atoms with Crippen LogP contribution in [0.5, 0.6) is 5.75 Å². The van der Waals surface area contributed by atoms with Crippen LogP contribution in [0.1, 0.15) is 12.0 Å². The van der Waals surface area contributed by atoms with Gasteiger partial charge in [0.15, 0.2) is 0 Å². The molecule has 3 heterocycles. The first-order valence-corrected chi connectivity index (χ1v) is 11.3. The molecule has 32 heavy (non-hydrogen) atoms. The number of aromatic nitrogens is 3. The van der Waals surface area contributed by atoms with E-state index in [2.05, 4.69) is 20.7 Å². The predicted molar refractivity (Wildman–Crippen MR) is 120 cm³/mol. The third-order valence-electron chi connectivity index (χ3n) is 5.27. The quantitative estimate of drug-likeness (QED) is 0.480. The van der Waals surface area contributed by atoms with E-state index in [0.29, 0.717) is 29.6 Å². The van der Waals surface area contributed by atoms with Crippen molar-refractivity contribution in [3.05, 3.63) is 66.5 Å². The smallest absolute Gasteiger partial charge is 0.287 e. The van der Waals surface area contributed by atoms with Crippen molar-refractivity contribution in [2.75, 3.05) is 17.7 Å². The van der Waals surface area contributed by atoms with Gasteiger partial charge in [-0.2, -0.15) is 17.6 Å². The van der Waals surface area contributed by atoms with Gasteiger partial charge in [0, 0.05) is 35.4 Å². The maximum Gasteiger partial charge on any atom is 0.287 e. The molecule has 0 fully saturated rings. The van der Waals surface area contributed by atoms with E-state index in [4.69, 9.17) is 4.74 Å². The lowest BCUT2D eigenvalue weighted by atomic mass is 10.0. The highest BCUT2D eigenvalue weighted by Crippen LogP contribution is 2.30. The third-order valence-corrected chi connectivity index (χ3v) is 6.91. The van der Waals surface area contributed by atoms with Gasteiger partial charge >= 0.3 is 0 Å². The highest BCUT2D eigenvalue weighted by molar-refractivity contribution is 7.90. The average Bonchev–Trinajstić information content (AvgIpc) is 3.23. The Hall–Kier alpha value is -3.92. The molecule has 10 heteroatoms. The summed E-state index contributed by atoms with van der Waals surface area (Å²) in [7, 11) is -2.56. The zero-order valence-corrected chi connectivity index (χ0v) is 17.9. The van der Waals surface area contributed by atoms with Crippen LogP contribution in [0.3, 0.4) is 0 Å². The second-order valence-electron chi connectivity index (χ2n) is 7.32. The minimum Gasteiger partial charge on any atom is -0.495 e. The van der Waals surface area contributed by atoms with E-state index >= 15 is 0 Å². The Morgan fingerprint density at radius 2 is 1.94 bits per heavy atom.